The second-order valence-electron chi connectivity index (χ2n) is 7.16. The Morgan fingerprint density at radius 1 is 1.14 bits per heavy atom. The van der Waals surface area contributed by atoms with Crippen LogP contribution in [0.15, 0.2) is 24.3 Å². The van der Waals surface area contributed by atoms with Crippen molar-refractivity contribution in [3.63, 3.8) is 0 Å². The molecule has 0 amide bonds. The lowest BCUT2D eigenvalue weighted by Gasteiger charge is -2.13. The average Bonchev–Trinajstić information content (AvgIpc) is 3.21. The van der Waals surface area contributed by atoms with Gasteiger partial charge in [0.15, 0.2) is 0 Å². The monoisotopic (exact) mass is 417 g/mol. The molecule has 0 aromatic heterocycles. The van der Waals surface area contributed by atoms with Crippen molar-refractivity contribution in [3.8, 4) is 5.75 Å². The van der Waals surface area contributed by atoms with Gasteiger partial charge in [0.05, 0.1) is 6.61 Å². The Kier molecular flexibility index (Phi) is 8.75. The number of hydrogen-bond donors (Lipinski definition) is 1. The Morgan fingerprint density at radius 2 is 1.79 bits per heavy atom. The van der Waals surface area contributed by atoms with Gasteiger partial charge in [0.2, 0.25) is 0 Å². The third-order valence-electron chi connectivity index (χ3n) is 4.76. The molecular weight excluding hydrogens is 391 g/mol. The zero-order valence-electron chi connectivity index (χ0n) is 16.3. The van der Waals surface area contributed by atoms with E-state index in [2.05, 4.69) is 15.1 Å². The van der Waals surface area contributed by atoms with Crippen molar-refractivity contribution in [1.82, 2.24) is 5.32 Å². The number of carbonyl (C=O) groups excluding carboxylic acids is 2. The van der Waals surface area contributed by atoms with E-state index in [4.69, 9.17) is 4.74 Å². The maximum Gasteiger partial charge on any atom is 0.495 e. The van der Waals surface area contributed by atoms with Gasteiger partial charge in [0, 0.05) is 0 Å². The standard InChI is InChI=1S/C20H26F3NO5/c1-14(18(25)28-29-19(26)20(21,22)23)24-12-4-7-15-8-10-17(11-9-15)27-13-16-5-2-3-6-16/h8-11,14,16,24H,2-7,12-13H2,1H3/t14-/m0/s1. The third-order valence-corrected chi connectivity index (χ3v) is 4.76. The number of alkyl halides is 3. The van der Waals surface area contributed by atoms with Gasteiger partial charge in [0.1, 0.15) is 11.8 Å². The first kappa shape index (κ1) is 23.0. The minimum Gasteiger partial charge on any atom is -0.493 e. The normalized spacial score (nSPS) is 15.7. The van der Waals surface area contributed by atoms with Gasteiger partial charge in [-0.25, -0.2) is 19.4 Å². The number of ether oxygens (including phenoxy) is 1. The van der Waals surface area contributed by atoms with Crippen LogP contribution in [0.4, 0.5) is 13.2 Å². The molecule has 0 bridgehead atoms. The maximum absolute atomic E-state index is 12.0. The first-order valence-electron chi connectivity index (χ1n) is 9.70. The van der Waals surface area contributed by atoms with Crippen LogP contribution in [-0.4, -0.2) is 37.3 Å². The van der Waals surface area contributed by atoms with E-state index in [-0.39, 0.29) is 0 Å². The van der Waals surface area contributed by atoms with E-state index in [1.807, 2.05) is 24.3 Å². The van der Waals surface area contributed by atoms with Crippen LogP contribution in [0.3, 0.4) is 0 Å². The SMILES string of the molecule is C[C@H](NCCCc1ccc(OCC2CCCC2)cc1)C(=O)OOC(=O)C(F)(F)F. The lowest BCUT2D eigenvalue weighted by atomic mass is 10.1. The molecule has 0 saturated heterocycles. The third kappa shape index (κ3) is 8.31. The maximum atomic E-state index is 12.0. The van der Waals surface area contributed by atoms with Gasteiger partial charge >= 0.3 is 18.1 Å². The van der Waals surface area contributed by atoms with Crippen molar-refractivity contribution in [2.24, 2.45) is 5.92 Å². The lowest BCUT2D eigenvalue weighted by molar-refractivity contribution is -0.286. The summed E-state index contributed by atoms with van der Waals surface area (Å²) in [7, 11) is 0. The number of carbonyl (C=O) groups is 2. The predicted octanol–water partition coefficient (Wildman–Crippen LogP) is 3.73. The number of hydrogen-bond acceptors (Lipinski definition) is 6. The highest BCUT2D eigenvalue weighted by atomic mass is 19.4. The van der Waals surface area contributed by atoms with E-state index in [1.54, 1.807) is 0 Å². The summed E-state index contributed by atoms with van der Waals surface area (Å²) >= 11 is 0. The molecule has 2 rings (SSSR count). The zero-order chi connectivity index (χ0) is 21.3. The van der Waals surface area contributed by atoms with Crippen molar-refractivity contribution in [1.29, 1.82) is 0 Å². The summed E-state index contributed by atoms with van der Waals surface area (Å²) in [6.07, 6.45) is 1.28. The number of nitrogens with one attached hydrogen (secondary N) is 1. The Morgan fingerprint density at radius 3 is 2.41 bits per heavy atom. The topological polar surface area (TPSA) is 73.9 Å². The van der Waals surface area contributed by atoms with Crippen molar-refractivity contribution >= 4 is 11.9 Å². The van der Waals surface area contributed by atoms with Crippen LogP contribution in [0.5, 0.6) is 5.75 Å². The molecule has 1 aromatic carbocycles. The predicted molar refractivity (Wildman–Crippen MR) is 97.9 cm³/mol. The highest BCUT2D eigenvalue weighted by Gasteiger charge is 2.43. The molecule has 1 N–H and O–H groups in total. The zero-order valence-corrected chi connectivity index (χ0v) is 16.3. The van der Waals surface area contributed by atoms with E-state index >= 15 is 0 Å². The second-order valence-corrected chi connectivity index (χ2v) is 7.16. The molecule has 9 heteroatoms. The summed E-state index contributed by atoms with van der Waals surface area (Å²) in [6.45, 7) is 2.60. The molecule has 1 atom stereocenters. The number of aryl methyl sites for hydroxylation is 1. The highest BCUT2D eigenvalue weighted by Crippen LogP contribution is 2.25. The van der Waals surface area contributed by atoms with Gasteiger partial charge in [-0.05, 0) is 62.8 Å². The van der Waals surface area contributed by atoms with Crippen LogP contribution in [0.1, 0.15) is 44.6 Å². The fourth-order valence-corrected chi connectivity index (χ4v) is 3.04. The molecule has 0 radical (unpaired) electrons. The fourth-order valence-electron chi connectivity index (χ4n) is 3.04. The summed E-state index contributed by atoms with van der Waals surface area (Å²) in [5.41, 5.74) is 1.11. The van der Waals surface area contributed by atoms with Crippen molar-refractivity contribution < 1.29 is 37.3 Å². The quantitative estimate of drug-likeness (QED) is 0.375. The van der Waals surface area contributed by atoms with Gasteiger partial charge in [-0.15, -0.1) is 0 Å². The molecule has 6 nitrogen and oxygen atoms in total. The Hall–Kier alpha value is -2.29. The lowest BCUT2D eigenvalue weighted by Crippen LogP contribution is -2.37. The molecular formula is C20H26F3NO5. The van der Waals surface area contributed by atoms with Crippen LogP contribution in [-0.2, 0) is 25.8 Å². The minimum atomic E-state index is -5.21. The van der Waals surface area contributed by atoms with Gasteiger partial charge in [0.25, 0.3) is 0 Å². The number of benzene rings is 1. The molecule has 162 valence electrons. The molecule has 1 aliphatic rings. The van der Waals surface area contributed by atoms with Gasteiger partial charge < -0.3 is 10.1 Å². The molecule has 29 heavy (non-hydrogen) atoms. The first-order chi connectivity index (χ1) is 13.8. The molecule has 1 aliphatic carbocycles. The van der Waals surface area contributed by atoms with Crippen LogP contribution in [0.2, 0.25) is 0 Å². The van der Waals surface area contributed by atoms with Crippen molar-refractivity contribution in [2.45, 2.75) is 57.7 Å². The van der Waals surface area contributed by atoms with E-state index in [0.717, 1.165) is 24.3 Å². The molecule has 0 unspecified atom stereocenters. The Labute approximate surface area is 167 Å². The Bertz CT molecular complexity index is 657. The summed E-state index contributed by atoms with van der Waals surface area (Å²) < 4.78 is 41.7. The molecule has 1 aromatic rings. The van der Waals surface area contributed by atoms with Crippen LogP contribution < -0.4 is 10.1 Å². The molecule has 0 spiro atoms. The minimum absolute atomic E-state index is 0.434. The first-order valence-corrected chi connectivity index (χ1v) is 9.70. The van der Waals surface area contributed by atoms with Gasteiger partial charge in [-0.2, -0.15) is 13.2 Å². The van der Waals surface area contributed by atoms with Gasteiger partial charge in [-0.3, -0.25) is 0 Å². The van der Waals surface area contributed by atoms with E-state index in [9.17, 15) is 22.8 Å². The van der Waals surface area contributed by atoms with E-state index in [0.29, 0.717) is 18.9 Å². The average molecular weight is 417 g/mol. The molecule has 0 aliphatic heterocycles. The van der Waals surface area contributed by atoms with Crippen molar-refractivity contribution in [2.75, 3.05) is 13.2 Å². The number of halogens is 3. The largest absolute Gasteiger partial charge is 0.495 e. The van der Waals surface area contributed by atoms with Crippen LogP contribution in [0.25, 0.3) is 0 Å². The highest BCUT2D eigenvalue weighted by molar-refractivity contribution is 5.78. The second kappa shape index (κ2) is 11.0. The molecule has 1 saturated carbocycles. The molecule has 0 heterocycles. The fraction of sp³-hybridized carbons (Fsp3) is 0.600. The summed E-state index contributed by atoms with van der Waals surface area (Å²) in [5, 5.41) is 2.81. The summed E-state index contributed by atoms with van der Waals surface area (Å²) in [6, 6.07) is 6.93. The summed E-state index contributed by atoms with van der Waals surface area (Å²) in [5.74, 6) is -2.17. The van der Waals surface area contributed by atoms with Crippen LogP contribution >= 0.6 is 0 Å². The smallest absolute Gasteiger partial charge is 0.493 e. The van der Waals surface area contributed by atoms with Gasteiger partial charge in [-0.1, -0.05) is 25.0 Å². The number of rotatable bonds is 9. The molecule has 1 fully saturated rings. The van der Waals surface area contributed by atoms with Crippen LogP contribution in [0, 0.1) is 5.92 Å². The van der Waals surface area contributed by atoms with Crippen molar-refractivity contribution in [3.05, 3.63) is 29.8 Å². The van der Waals surface area contributed by atoms with E-state index < -0.39 is 24.2 Å². The Balaban J connectivity index is 1.60. The summed E-state index contributed by atoms with van der Waals surface area (Å²) in [4.78, 5) is 29.3. The van der Waals surface area contributed by atoms with E-state index in [1.165, 1.54) is 32.6 Å².